The van der Waals surface area contributed by atoms with Gasteiger partial charge < -0.3 is 5.11 Å². The first kappa shape index (κ1) is 17.7. The summed E-state index contributed by atoms with van der Waals surface area (Å²) in [4.78, 5) is 20.0. The third-order valence-electron chi connectivity index (χ3n) is 2.03. The lowest BCUT2D eigenvalue weighted by molar-refractivity contribution is -0.192. The Morgan fingerprint density at radius 1 is 1.33 bits per heavy atom. The molecule has 0 saturated carbocycles. The van der Waals surface area contributed by atoms with E-state index in [1.54, 1.807) is 0 Å². The average molecular weight is 411 g/mol. The van der Waals surface area contributed by atoms with Crippen LogP contribution in [0.4, 0.5) is 13.2 Å². The van der Waals surface area contributed by atoms with Gasteiger partial charge in [0.1, 0.15) is 4.90 Å². The van der Waals surface area contributed by atoms with Crippen molar-refractivity contribution in [2.45, 2.75) is 11.1 Å². The Morgan fingerprint density at radius 3 is 2.24 bits per heavy atom. The second-order valence-electron chi connectivity index (χ2n) is 3.50. The number of carboxylic acids is 1. The second kappa shape index (κ2) is 5.81. The maximum absolute atomic E-state index is 11.3. The van der Waals surface area contributed by atoms with Crippen LogP contribution in [0.1, 0.15) is 10.4 Å². The zero-order valence-electron chi connectivity index (χ0n) is 9.53. The molecule has 1 aromatic carbocycles. The van der Waals surface area contributed by atoms with Crippen molar-refractivity contribution < 1.29 is 36.3 Å². The van der Waals surface area contributed by atoms with E-state index >= 15 is 0 Å². The molecule has 0 radical (unpaired) electrons. The topological polar surface area (TPSA) is 101 Å². The van der Waals surface area contributed by atoms with Gasteiger partial charge in [0.2, 0.25) is 0 Å². The lowest BCUT2D eigenvalue weighted by Crippen LogP contribution is -2.21. The summed E-state index contributed by atoms with van der Waals surface area (Å²) < 4.78 is 56.7. The molecule has 1 heterocycles. The molecule has 0 unspecified atom stereocenters. The lowest BCUT2D eigenvalue weighted by Gasteiger charge is -1.98. The number of fused-ring (bicyclic) bond motifs is 1. The summed E-state index contributed by atoms with van der Waals surface area (Å²) in [5.41, 5.74) is 0.0817. The molecule has 0 fully saturated rings. The Balaban J connectivity index is 0.000000270. The van der Waals surface area contributed by atoms with Crippen molar-refractivity contribution in [3.8, 4) is 0 Å². The van der Waals surface area contributed by atoms with Gasteiger partial charge in [0.15, 0.2) is 0 Å². The summed E-state index contributed by atoms with van der Waals surface area (Å²) in [5.74, 6) is -3.40. The number of amides is 1. The molecule has 2 rings (SSSR count). The zero-order chi connectivity index (χ0) is 16.6. The van der Waals surface area contributed by atoms with Gasteiger partial charge in [-0.1, -0.05) is 11.6 Å². The molecule has 12 heteroatoms. The standard InChI is InChI=1S/C7H3BrClNO3S.C2HF3O2/c8-4-2-6-3(1-5(4)9)7(11)10-14(6,12)13;3-2(4,5)1(6)7/h1-2H,(H,10,11);(H,6,7). The van der Waals surface area contributed by atoms with Crippen LogP contribution in [0.25, 0.3) is 0 Å². The number of sulfonamides is 1. The maximum atomic E-state index is 11.3. The fourth-order valence-electron chi connectivity index (χ4n) is 1.16. The van der Waals surface area contributed by atoms with E-state index in [1.165, 1.54) is 12.1 Å². The van der Waals surface area contributed by atoms with E-state index in [2.05, 4.69) is 15.9 Å². The van der Waals surface area contributed by atoms with E-state index in [0.29, 0.717) is 9.50 Å². The Labute approximate surface area is 129 Å². The van der Waals surface area contributed by atoms with E-state index in [0.717, 1.165) is 0 Å². The quantitative estimate of drug-likeness (QED) is 0.683. The minimum Gasteiger partial charge on any atom is -0.475 e. The minimum absolute atomic E-state index is 0.0428. The van der Waals surface area contributed by atoms with Crippen molar-refractivity contribution in [1.29, 1.82) is 0 Å². The first-order valence-corrected chi connectivity index (χ1v) is 7.38. The van der Waals surface area contributed by atoms with Crippen molar-refractivity contribution in [3.63, 3.8) is 0 Å². The molecule has 0 atom stereocenters. The smallest absolute Gasteiger partial charge is 0.475 e. The molecule has 0 aliphatic carbocycles. The molecule has 0 saturated heterocycles. The van der Waals surface area contributed by atoms with Gasteiger partial charge in [-0.3, -0.25) is 4.79 Å². The Bertz CT molecular complexity index is 719. The summed E-state index contributed by atoms with van der Waals surface area (Å²) >= 11 is 8.81. The van der Waals surface area contributed by atoms with Crippen LogP contribution < -0.4 is 4.72 Å². The third-order valence-corrected chi connectivity index (χ3v) is 4.59. The minimum atomic E-state index is -5.08. The Hall–Kier alpha value is -1.33. The van der Waals surface area contributed by atoms with Crippen LogP contribution in [0.3, 0.4) is 0 Å². The molecular formula is C9H4BrClF3NO5S. The third kappa shape index (κ3) is 4.08. The largest absolute Gasteiger partial charge is 0.490 e. The van der Waals surface area contributed by atoms with E-state index < -0.39 is 28.1 Å². The van der Waals surface area contributed by atoms with Crippen LogP contribution in [0.2, 0.25) is 5.02 Å². The van der Waals surface area contributed by atoms with Crippen LogP contribution in [0.15, 0.2) is 21.5 Å². The number of halogens is 5. The molecule has 2 N–H and O–H groups in total. The number of rotatable bonds is 0. The number of carbonyl (C=O) groups excluding carboxylic acids is 1. The number of carbonyl (C=O) groups is 2. The van der Waals surface area contributed by atoms with Gasteiger partial charge in [0.05, 0.1) is 10.6 Å². The predicted molar refractivity (Wildman–Crippen MR) is 67.5 cm³/mol. The first-order valence-electron chi connectivity index (χ1n) is 4.72. The monoisotopic (exact) mass is 409 g/mol. The van der Waals surface area contributed by atoms with Crippen LogP contribution in [0.5, 0.6) is 0 Å². The molecule has 116 valence electrons. The predicted octanol–water partition coefficient (Wildman–Crippen LogP) is 2.17. The molecular weight excluding hydrogens is 407 g/mol. The maximum Gasteiger partial charge on any atom is 0.490 e. The van der Waals surface area contributed by atoms with Crippen LogP contribution in [-0.2, 0) is 14.8 Å². The highest BCUT2D eigenvalue weighted by molar-refractivity contribution is 9.10. The zero-order valence-corrected chi connectivity index (χ0v) is 12.7. The summed E-state index contributed by atoms with van der Waals surface area (Å²) in [6, 6.07) is 2.63. The molecule has 1 aliphatic heterocycles. The number of nitrogens with one attached hydrogen (secondary N) is 1. The summed E-state index contributed by atoms with van der Waals surface area (Å²) in [6.07, 6.45) is -5.08. The van der Waals surface area contributed by atoms with Crippen molar-refractivity contribution in [2.24, 2.45) is 0 Å². The Morgan fingerprint density at radius 2 is 1.81 bits per heavy atom. The van der Waals surface area contributed by atoms with Gasteiger partial charge in [-0.2, -0.15) is 13.2 Å². The van der Waals surface area contributed by atoms with E-state index in [1.807, 2.05) is 4.72 Å². The number of hydrogen-bond donors (Lipinski definition) is 2. The summed E-state index contributed by atoms with van der Waals surface area (Å²) in [5, 5.41) is 7.43. The van der Waals surface area contributed by atoms with Crippen molar-refractivity contribution >= 4 is 49.4 Å². The molecule has 1 aromatic rings. The number of carboxylic acid groups (broad SMARTS) is 1. The van der Waals surface area contributed by atoms with Crippen molar-refractivity contribution in [1.82, 2.24) is 4.72 Å². The molecule has 0 spiro atoms. The van der Waals surface area contributed by atoms with Crippen LogP contribution in [0, 0.1) is 0 Å². The summed E-state index contributed by atoms with van der Waals surface area (Å²) in [7, 11) is -3.68. The van der Waals surface area contributed by atoms with Gasteiger partial charge >= 0.3 is 12.1 Å². The molecule has 0 aromatic heterocycles. The number of alkyl halides is 3. The van der Waals surface area contributed by atoms with E-state index in [9.17, 15) is 26.4 Å². The highest BCUT2D eigenvalue weighted by Gasteiger charge is 2.38. The van der Waals surface area contributed by atoms with Gasteiger partial charge in [-0.15, -0.1) is 0 Å². The molecule has 1 amide bonds. The normalized spacial score (nSPS) is 15.6. The van der Waals surface area contributed by atoms with Crippen LogP contribution >= 0.6 is 27.5 Å². The van der Waals surface area contributed by atoms with E-state index in [-0.39, 0.29) is 10.5 Å². The highest BCUT2D eigenvalue weighted by atomic mass is 79.9. The number of aliphatic carboxylic acids is 1. The second-order valence-corrected chi connectivity index (χ2v) is 6.41. The van der Waals surface area contributed by atoms with Crippen molar-refractivity contribution in [2.75, 3.05) is 0 Å². The SMILES string of the molecule is O=C(O)C(F)(F)F.O=C1NS(=O)(=O)c2cc(Br)c(Cl)cc21. The first-order chi connectivity index (χ1) is 9.36. The number of hydrogen-bond acceptors (Lipinski definition) is 4. The molecule has 1 aliphatic rings. The van der Waals surface area contributed by atoms with Gasteiger partial charge in [0.25, 0.3) is 15.9 Å². The van der Waals surface area contributed by atoms with E-state index in [4.69, 9.17) is 21.5 Å². The lowest BCUT2D eigenvalue weighted by atomic mass is 10.2. The van der Waals surface area contributed by atoms with Crippen molar-refractivity contribution in [3.05, 3.63) is 27.2 Å². The van der Waals surface area contributed by atoms with Gasteiger partial charge in [-0.25, -0.2) is 17.9 Å². The molecule has 21 heavy (non-hydrogen) atoms. The Kier molecular flexibility index (Phi) is 4.90. The summed E-state index contributed by atoms with van der Waals surface area (Å²) in [6.45, 7) is 0. The molecule has 0 bridgehead atoms. The number of benzene rings is 1. The fraction of sp³-hybridized carbons (Fsp3) is 0.111. The average Bonchev–Trinajstić information content (AvgIpc) is 2.50. The highest BCUT2D eigenvalue weighted by Crippen LogP contribution is 2.31. The van der Waals surface area contributed by atoms with Gasteiger partial charge in [-0.05, 0) is 28.1 Å². The van der Waals surface area contributed by atoms with Crippen LogP contribution in [-0.4, -0.2) is 31.6 Å². The molecule has 6 nitrogen and oxygen atoms in total. The van der Waals surface area contributed by atoms with Gasteiger partial charge in [0, 0.05) is 4.47 Å². The fourth-order valence-corrected chi connectivity index (χ4v) is 3.00.